The molecule has 3 aromatic rings. The predicted molar refractivity (Wildman–Crippen MR) is 144 cm³/mol. The van der Waals surface area contributed by atoms with E-state index in [1.54, 1.807) is 54.4 Å². The zero-order chi connectivity index (χ0) is 26.8. The molecule has 0 unspecified atom stereocenters. The van der Waals surface area contributed by atoms with Crippen LogP contribution in [0, 0.1) is 5.82 Å². The highest BCUT2D eigenvalue weighted by Gasteiger charge is 2.29. The summed E-state index contributed by atoms with van der Waals surface area (Å²) in [6, 6.07) is 16.6. The number of rotatable bonds is 7. The first-order chi connectivity index (χ1) is 18.3. The summed E-state index contributed by atoms with van der Waals surface area (Å²) in [5.41, 5.74) is 3.70. The van der Waals surface area contributed by atoms with Crippen molar-refractivity contribution in [3.63, 3.8) is 0 Å². The van der Waals surface area contributed by atoms with E-state index in [2.05, 4.69) is 10.6 Å². The number of likely N-dealkylation sites (N-methyl/N-ethyl adjacent to an activating group) is 2. The number of hydrogen-bond donors (Lipinski definition) is 2. The number of nitrogens with zero attached hydrogens (tertiary/aromatic N) is 2. The van der Waals surface area contributed by atoms with Crippen molar-refractivity contribution in [1.29, 1.82) is 0 Å². The first kappa shape index (κ1) is 25.0. The lowest BCUT2D eigenvalue weighted by Crippen LogP contribution is -2.33. The average Bonchev–Trinajstić information content (AvgIpc) is 3.24. The molecule has 2 heterocycles. The van der Waals surface area contributed by atoms with E-state index >= 15 is 0 Å². The minimum absolute atomic E-state index is 0.0806. The van der Waals surface area contributed by atoms with Crippen LogP contribution in [0.3, 0.4) is 0 Å². The highest BCUT2D eigenvalue weighted by Crippen LogP contribution is 2.40. The Morgan fingerprint density at radius 3 is 2.34 bits per heavy atom. The van der Waals surface area contributed by atoms with Crippen molar-refractivity contribution >= 4 is 34.5 Å². The summed E-state index contributed by atoms with van der Waals surface area (Å²) in [5.74, 6) is 0.145. The quantitative estimate of drug-likeness (QED) is 0.448. The molecule has 194 valence electrons. The van der Waals surface area contributed by atoms with E-state index in [4.69, 9.17) is 9.47 Å². The lowest BCUT2D eigenvalue weighted by molar-refractivity contribution is -0.110. The minimum Gasteiger partial charge on any atom is -0.458 e. The molecule has 9 heteroatoms. The Balaban J connectivity index is 1.50. The molecule has 0 spiro atoms. The van der Waals surface area contributed by atoms with Gasteiger partial charge in [0.1, 0.15) is 18.3 Å². The molecule has 2 aliphatic heterocycles. The molecule has 0 fully saturated rings. The first-order valence-corrected chi connectivity index (χ1v) is 12.1. The van der Waals surface area contributed by atoms with E-state index in [-0.39, 0.29) is 11.8 Å². The molecule has 0 radical (unpaired) electrons. The van der Waals surface area contributed by atoms with Crippen LogP contribution in [-0.4, -0.2) is 55.8 Å². The van der Waals surface area contributed by atoms with Crippen LogP contribution < -0.4 is 20.1 Å². The third-order valence-corrected chi connectivity index (χ3v) is 6.28. The van der Waals surface area contributed by atoms with Crippen LogP contribution in [0.4, 0.5) is 15.8 Å². The number of amides is 2. The van der Waals surface area contributed by atoms with Crippen LogP contribution in [0.25, 0.3) is 11.3 Å². The Morgan fingerprint density at radius 1 is 0.895 bits per heavy atom. The van der Waals surface area contributed by atoms with Gasteiger partial charge < -0.3 is 29.9 Å². The average molecular weight is 515 g/mol. The second-order valence-electron chi connectivity index (χ2n) is 9.30. The van der Waals surface area contributed by atoms with Gasteiger partial charge in [-0.3, -0.25) is 9.59 Å². The molecule has 0 saturated heterocycles. The number of ether oxygens (including phenoxy) is 2. The third-order valence-electron chi connectivity index (χ3n) is 6.28. The molecular weight excluding hydrogens is 487 g/mol. The van der Waals surface area contributed by atoms with Crippen molar-refractivity contribution in [1.82, 2.24) is 9.80 Å². The number of carbonyl (C=O) groups is 2. The summed E-state index contributed by atoms with van der Waals surface area (Å²) < 4.78 is 24.9. The van der Waals surface area contributed by atoms with E-state index in [0.717, 1.165) is 6.54 Å². The van der Waals surface area contributed by atoms with Gasteiger partial charge in [0.2, 0.25) is 0 Å². The predicted octanol–water partition coefficient (Wildman–Crippen LogP) is 4.63. The zero-order valence-corrected chi connectivity index (χ0v) is 21.2. The Morgan fingerprint density at radius 2 is 1.61 bits per heavy atom. The Bertz CT molecular complexity index is 1460. The molecule has 38 heavy (non-hydrogen) atoms. The SMILES string of the molecule is CN(C)CCN(C)C(=O)c1ccc(NC(=C2C(=O)Nc3cc(F)ccc32)c2ccc3c(c2)OC=CO3)cc1. The van der Waals surface area contributed by atoms with Crippen LogP contribution in [0.5, 0.6) is 11.5 Å². The minimum atomic E-state index is -0.443. The van der Waals surface area contributed by atoms with Crippen LogP contribution in [0.15, 0.2) is 73.2 Å². The number of nitrogens with one attached hydrogen (secondary N) is 2. The van der Waals surface area contributed by atoms with Gasteiger partial charge >= 0.3 is 0 Å². The molecular formula is C29H27FN4O4. The van der Waals surface area contributed by atoms with E-state index in [1.165, 1.54) is 24.7 Å². The van der Waals surface area contributed by atoms with Gasteiger partial charge in [0.25, 0.3) is 11.8 Å². The Hall–Kier alpha value is -4.63. The van der Waals surface area contributed by atoms with Gasteiger partial charge in [-0.05, 0) is 74.8 Å². The number of fused-ring (bicyclic) bond motifs is 2. The number of halogens is 1. The lowest BCUT2D eigenvalue weighted by atomic mass is 9.99. The van der Waals surface area contributed by atoms with Crippen LogP contribution in [-0.2, 0) is 4.79 Å². The summed E-state index contributed by atoms with van der Waals surface area (Å²) in [6.07, 6.45) is 2.87. The van der Waals surface area contributed by atoms with Gasteiger partial charge in [0.15, 0.2) is 11.5 Å². The summed E-state index contributed by atoms with van der Waals surface area (Å²) in [7, 11) is 5.70. The fourth-order valence-corrected chi connectivity index (χ4v) is 4.24. The molecule has 0 saturated carbocycles. The molecule has 2 amide bonds. The summed E-state index contributed by atoms with van der Waals surface area (Å²) in [6.45, 7) is 1.37. The normalized spacial score (nSPS) is 14.7. The molecule has 0 aromatic heterocycles. The largest absolute Gasteiger partial charge is 0.458 e. The van der Waals surface area contributed by atoms with Gasteiger partial charge in [-0.15, -0.1) is 0 Å². The molecule has 0 bridgehead atoms. The van der Waals surface area contributed by atoms with Crippen molar-refractivity contribution in [3.8, 4) is 11.5 Å². The van der Waals surface area contributed by atoms with Crippen LogP contribution >= 0.6 is 0 Å². The highest BCUT2D eigenvalue weighted by atomic mass is 19.1. The van der Waals surface area contributed by atoms with Crippen molar-refractivity contribution in [2.75, 3.05) is 44.9 Å². The standard InChI is InChI=1S/C29H27FN4O4/c1-33(2)12-13-34(3)29(36)18-4-8-21(9-5-18)31-27(19-6-11-24-25(16-19)38-15-14-37-24)26-22-10-7-20(30)17-23(22)32-28(26)35/h4-11,14-17,31H,12-13H2,1-3H3,(H,32,35). The van der Waals surface area contributed by atoms with E-state index in [0.29, 0.717) is 57.4 Å². The second kappa shape index (κ2) is 10.4. The molecule has 0 atom stereocenters. The smallest absolute Gasteiger partial charge is 0.258 e. The van der Waals surface area contributed by atoms with E-state index < -0.39 is 5.82 Å². The van der Waals surface area contributed by atoms with Gasteiger partial charge in [-0.1, -0.05) is 0 Å². The summed E-state index contributed by atoms with van der Waals surface area (Å²) >= 11 is 0. The van der Waals surface area contributed by atoms with Crippen molar-refractivity contribution in [2.24, 2.45) is 0 Å². The van der Waals surface area contributed by atoms with E-state index in [1.807, 2.05) is 25.1 Å². The molecule has 2 aliphatic rings. The number of carbonyl (C=O) groups excluding carboxylic acids is 2. The van der Waals surface area contributed by atoms with Crippen molar-refractivity contribution in [3.05, 3.63) is 95.7 Å². The zero-order valence-electron chi connectivity index (χ0n) is 21.2. The molecule has 0 aliphatic carbocycles. The molecule has 2 N–H and O–H groups in total. The lowest BCUT2D eigenvalue weighted by Gasteiger charge is -2.20. The fourth-order valence-electron chi connectivity index (χ4n) is 4.24. The van der Waals surface area contributed by atoms with Gasteiger partial charge in [-0.2, -0.15) is 0 Å². The van der Waals surface area contributed by atoms with Crippen molar-refractivity contribution in [2.45, 2.75) is 0 Å². The van der Waals surface area contributed by atoms with Crippen molar-refractivity contribution < 1.29 is 23.5 Å². The van der Waals surface area contributed by atoms with E-state index in [9.17, 15) is 14.0 Å². The third kappa shape index (κ3) is 5.09. The first-order valence-electron chi connectivity index (χ1n) is 12.1. The van der Waals surface area contributed by atoms with Gasteiger partial charge in [0, 0.05) is 42.5 Å². The highest BCUT2D eigenvalue weighted by molar-refractivity contribution is 6.37. The van der Waals surface area contributed by atoms with Gasteiger partial charge in [0.05, 0.1) is 17.0 Å². The monoisotopic (exact) mass is 514 g/mol. The number of hydrogen-bond acceptors (Lipinski definition) is 6. The molecule has 8 nitrogen and oxygen atoms in total. The van der Waals surface area contributed by atoms with Gasteiger partial charge in [-0.25, -0.2) is 4.39 Å². The number of anilines is 2. The number of benzene rings is 3. The Labute approximate surface area is 220 Å². The van der Waals surface area contributed by atoms with Crippen LogP contribution in [0.1, 0.15) is 21.5 Å². The molecule has 5 rings (SSSR count). The maximum atomic E-state index is 13.9. The topological polar surface area (TPSA) is 83.1 Å². The molecule has 3 aromatic carbocycles. The summed E-state index contributed by atoms with van der Waals surface area (Å²) in [5, 5.41) is 6.09. The maximum absolute atomic E-state index is 13.9. The van der Waals surface area contributed by atoms with Crippen LogP contribution in [0.2, 0.25) is 0 Å². The second-order valence-corrected chi connectivity index (χ2v) is 9.30. The maximum Gasteiger partial charge on any atom is 0.258 e. The Kier molecular flexibility index (Phi) is 6.85. The fraction of sp³-hybridized carbons (Fsp3) is 0.172. The summed E-state index contributed by atoms with van der Waals surface area (Å²) in [4.78, 5) is 29.6.